The van der Waals surface area contributed by atoms with Crippen LogP contribution >= 0.6 is 0 Å². The second-order valence-electron chi connectivity index (χ2n) is 6.60. The van der Waals surface area contributed by atoms with Crippen molar-refractivity contribution in [1.82, 2.24) is 15.0 Å². The van der Waals surface area contributed by atoms with Crippen LogP contribution in [0.15, 0.2) is 48.9 Å². The summed E-state index contributed by atoms with van der Waals surface area (Å²) in [5, 5.41) is 3.35. The smallest absolute Gasteiger partial charge is 0.227 e. The predicted octanol–water partition coefficient (Wildman–Crippen LogP) is 3.06. The largest absolute Gasteiger partial charge is 0.493 e. The zero-order chi connectivity index (χ0) is 19.3. The molecule has 4 rings (SSSR count). The standard InChI is InChI=1S/C21H23N5O2/c1-27-18-11-16-6-10-26(14-17(16)12-19(18)28-2)21-23-9-5-20(25-21)24-13-15-3-7-22-8-4-15/h3-5,7-9,11-12H,6,10,13-14H2,1-2H3,(H,23,24,25). The van der Waals surface area contributed by atoms with Crippen molar-refractivity contribution in [3.05, 3.63) is 65.6 Å². The van der Waals surface area contributed by atoms with E-state index in [1.807, 2.05) is 24.3 Å². The van der Waals surface area contributed by atoms with Gasteiger partial charge in [0, 0.05) is 38.2 Å². The van der Waals surface area contributed by atoms with E-state index in [1.54, 1.807) is 32.8 Å². The number of rotatable bonds is 6. The maximum atomic E-state index is 5.45. The Hall–Kier alpha value is -3.35. The minimum absolute atomic E-state index is 0.693. The number of fused-ring (bicyclic) bond motifs is 1. The Morgan fingerprint density at radius 1 is 1.00 bits per heavy atom. The van der Waals surface area contributed by atoms with Crippen LogP contribution in [0, 0.1) is 0 Å². The SMILES string of the molecule is COc1cc2c(cc1OC)CN(c1nccc(NCc3ccncc3)n1)CC2. The van der Waals surface area contributed by atoms with Gasteiger partial charge in [-0.2, -0.15) is 4.98 Å². The van der Waals surface area contributed by atoms with Crippen molar-refractivity contribution in [1.29, 1.82) is 0 Å². The summed E-state index contributed by atoms with van der Waals surface area (Å²) in [5.41, 5.74) is 3.65. The summed E-state index contributed by atoms with van der Waals surface area (Å²) in [5.74, 6) is 3.05. The molecule has 0 saturated carbocycles. The number of benzene rings is 1. The van der Waals surface area contributed by atoms with E-state index in [-0.39, 0.29) is 0 Å². The third-order valence-electron chi connectivity index (χ3n) is 4.87. The van der Waals surface area contributed by atoms with Crippen LogP contribution in [0.25, 0.3) is 0 Å². The predicted molar refractivity (Wildman–Crippen MR) is 108 cm³/mol. The summed E-state index contributed by atoms with van der Waals surface area (Å²) in [6, 6.07) is 9.97. The molecule has 0 spiro atoms. The molecule has 1 aliphatic rings. The van der Waals surface area contributed by atoms with E-state index in [4.69, 9.17) is 14.5 Å². The lowest BCUT2D eigenvalue weighted by Gasteiger charge is -2.29. The van der Waals surface area contributed by atoms with Crippen LogP contribution < -0.4 is 19.7 Å². The van der Waals surface area contributed by atoms with Crippen molar-refractivity contribution in [2.45, 2.75) is 19.5 Å². The average molecular weight is 377 g/mol. The fraction of sp³-hybridized carbons (Fsp3) is 0.286. The minimum Gasteiger partial charge on any atom is -0.493 e. The van der Waals surface area contributed by atoms with Crippen LogP contribution in [0.1, 0.15) is 16.7 Å². The Kier molecular flexibility index (Phi) is 5.23. The maximum absolute atomic E-state index is 5.45. The molecule has 28 heavy (non-hydrogen) atoms. The Labute approximate surface area is 164 Å². The maximum Gasteiger partial charge on any atom is 0.227 e. The molecule has 0 bridgehead atoms. The van der Waals surface area contributed by atoms with Gasteiger partial charge in [0.2, 0.25) is 5.95 Å². The van der Waals surface area contributed by atoms with Gasteiger partial charge in [-0.1, -0.05) is 0 Å². The molecule has 0 atom stereocenters. The Morgan fingerprint density at radius 2 is 1.75 bits per heavy atom. The van der Waals surface area contributed by atoms with Crippen LogP contribution in [-0.2, 0) is 19.5 Å². The average Bonchev–Trinajstić information content (AvgIpc) is 2.77. The zero-order valence-corrected chi connectivity index (χ0v) is 16.1. The zero-order valence-electron chi connectivity index (χ0n) is 16.1. The number of methoxy groups -OCH3 is 2. The van der Waals surface area contributed by atoms with Gasteiger partial charge in [0.25, 0.3) is 0 Å². The molecule has 1 aromatic carbocycles. The number of pyridine rings is 1. The van der Waals surface area contributed by atoms with Crippen molar-refractivity contribution in [3.8, 4) is 11.5 Å². The fourth-order valence-electron chi connectivity index (χ4n) is 3.35. The molecule has 0 amide bonds. The number of nitrogens with one attached hydrogen (secondary N) is 1. The lowest BCUT2D eigenvalue weighted by Crippen LogP contribution is -2.32. The Balaban J connectivity index is 1.49. The van der Waals surface area contributed by atoms with Crippen molar-refractivity contribution >= 4 is 11.8 Å². The van der Waals surface area contributed by atoms with Crippen LogP contribution in [0.4, 0.5) is 11.8 Å². The summed E-state index contributed by atoms with van der Waals surface area (Å²) >= 11 is 0. The summed E-state index contributed by atoms with van der Waals surface area (Å²) < 4.78 is 10.9. The van der Waals surface area contributed by atoms with E-state index in [9.17, 15) is 0 Å². The Bertz CT molecular complexity index is 949. The van der Waals surface area contributed by atoms with Gasteiger partial charge in [-0.25, -0.2) is 4.98 Å². The van der Waals surface area contributed by atoms with Crippen molar-refractivity contribution < 1.29 is 9.47 Å². The van der Waals surface area contributed by atoms with E-state index in [0.29, 0.717) is 6.54 Å². The minimum atomic E-state index is 0.693. The second-order valence-corrected chi connectivity index (χ2v) is 6.60. The van der Waals surface area contributed by atoms with Crippen molar-refractivity contribution in [2.75, 3.05) is 31.0 Å². The molecule has 0 unspecified atom stereocenters. The van der Waals surface area contributed by atoms with Gasteiger partial charge in [0.1, 0.15) is 5.82 Å². The lowest BCUT2D eigenvalue weighted by molar-refractivity contribution is 0.353. The highest BCUT2D eigenvalue weighted by Crippen LogP contribution is 2.33. The number of nitrogens with zero attached hydrogens (tertiary/aromatic N) is 4. The molecular formula is C21H23N5O2. The number of hydrogen-bond donors (Lipinski definition) is 1. The molecule has 7 nitrogen and oxygen atoms in total. The van der Waals surface area contributed by atoms with E-state index < -0.39 is 0 Å². The van der Waals surface area contributed by atoms with E-state index >= 15 is 0 Å². The molecule has 3 aromatic rings. The van der Waals surface area contributed by atoms with E-state index in [2.05, 4.69) is 26.3 Å². The van der Waals surface area contributed by atoms with Gasteiger partial charge in [-0.3, -0.25) is 4.98 Å². The number of aromatic nitrogens is 3. The molecule has 7 heteroatoms. The summed E-state index contributed by atoms with van der Waals surface area (Å²) in [6.07, 6.45) is 6.28. The second kappa shape index (κ2) is 8.12. The number of ether oxygens (including phenoxy) is 2. The highest BCUT2D eigenvalue weighted by molar-refractivity contribution is 5.51. The molecule has 1 N–H and O–H groups in total. The van der Waals surface area contributed by atoms with Crippen LogP contribution in [-0.4, -0.2) is 35.7 Å². The molecule has 0 radical (unpaired) electrons. The molecule has 0 aliphatic carbocycles. The normalized spacial score (nSPS) is 13.0. The first kappa shape index (κ1) is 18.0. The van der Waals surface area contributed by atoms with Gasteiger partial charge >= 0.3 is 0 Å². The lowest BCUT2D eigenvalue weighted by atomic mass is 9.99. The first-order valence-electron chi connectivity index (χ1n) is 9.21. The van der Waals surface area contributed by atoms with Crippen molar-refractivity contribution in [3.63, 3.8) is 0 Å². The summed E-state index contributed by atoms with van der Waals surface area (Å²) in [6.45, 7) is 2.29. The third-order valence-corrected chi connectivity index (χ3v) is 4.87. The molecule has 3 heterocycles. The van der Waals surface area contributed by atoms with Crippen LogP contribution in [0.3, 0.4) is 0 Å². The van der Waals surface area contributed by atoms with E-state index in [0.717, 1.165) is 48.3 Å². The highest BCUT2D eigenvalue weighted by atomic mass is 16.5. The molecule has 2 aromatic heterocycles. The van der Waals surface area contributed by atoms with Gasteiger partial charge in [-0.05, 0) is 53.4 Å². The quantitative estimate of drug-likeness (QED) is 0.708. The first-order valence-corrected chi connectivity index (χ1v) is 9.21. The summed E-state index contributed by atoms with van der Waals surface area (Å²) in [7, 11) is 3.32. The number of anilines is 2. The van der Waals surface area contributed by atoms with Gasteiger partial charge < -0.3 is 19.7 Å². The molecule has 144 valence electrons. The van der Waals surface area contributed by atoms with Gasteiger partial charge in [0.15, 0.2) is 11.5 Å². The van der Waals surface area contributed by atoms with Gasteiger partial charge in [-0.15, -0.1) is 0 Å². The molecular weight excluding hydrogens is 354 g/mol. The van der Waals surface area contributed by atoms with E-state index in [1.165, 1.54) is 11.1 Å². The van der Waals surface area contributed by atoms with Gasteiger partial charge in [0.05, 0.1) is 14.2 Å². The topological polar surface area (TPSA) is 72.4 Å². The first-order chi connectivity index (χ1) is 13.8. The van der Waals surface area contributed by atoms with Crippen molar-refractivity contribution in [2.24, 2.45) is 0 Å². The Morgan fingerprint density at radius 3 is 2.50 bits per heavy atom. The van der Waals surface area contributed by atoms with Crippen LogP contribution in [0.5, 0.6) is 11.5 Å². The fourth-order valence-corrected chi connectivity index (χ4v) is 3.35. The van der Waals surface area contributed by atoms with Crippen LogP contribution in [0.2, 0.25) is 0 Å². The highest BCUT2D eigenvalue weighted by Gasteiger charge is 2.21. The molecule has 0 saturated heterocycles. The molecule has 1 aliphatic heterocycles. The third kappa shape index (κ3) is 3.83. The monoisotopic (exact) mass is 377 g/mol. The summed E-state index contributed by atoms with van der Waals surface area (Å²) in [4.78, 5) is 15.4. The molecule has 0 fully saturated rings. The number of hydrogen-bond acceptors (Lipinski definition) is 7.